The molecular weight excluding hydrogens is 172 g/mol. The summed E-state index contributed by atoms with van der Waals surface area (Å²) in [5, 5.41) is 0. The number of benzene rings is 1. The van der Waals surface area contributed by atoms with E-state index in [1.165, 1.54) is 33.4 Å². The average Bonchev–Trinajstić information content (AvgIpc) is 2.17. The van der Waals surface area contributed by atoms with Gasteiger partial charge in [-0.15, -0.1) is 0 Å². The van der Waals surface area contributed by atoms with Crippen molar-refractivity contribution in [3.05, 3.63) is 33.4 Å². The molecule has 0 aliphatic rings. The lowest BCUT2D eigenvalue weighted by molar-refractivity contribution is 0.958. The van der Waals surface area contributed by atoms with Crippen LogP contribution in [-0.2, 0) is 13.1 Å². The lowest BCUT2D eigenvalue weighted by atomic mass is 9.89. The largest absolute Gasteiger partial charge is 0.326 e. The predicted octanol–water partition coefficient (Wildman–Crippen LogP) is 1.84. The Bertz CT molecular complexity index is 290. The molecule has 0 heterocycles. The molecule has 0 aliphatic carbocycles. The van der Waals surface area contributed by atoms with Gasteiger partial charge in [0.1, 0.15) is 0 Å². The molecule has 2 heteroatoms. The highest BCUT2D eigenvalue weighted by Gasteiger charge is 2.11. The van der Waals surface area contributed by atoms with Gasteiger partial charge in [-0.2, -0.15) is 0 Å². The van der Waals surface area contributed by atoms with Crippen molar-refractivity contribution in [2.24, 2.45) is 11.5 Å². The van der Waals surface area contributed by atoms with Gasteiger partial charge in [-0.1, -0.05) is 0 Å². The van der Waals surface area contributed by atoms with Crippen LogP contribution >= 0.6 is 0 Å². The molecule has 0 aromatic heterocycles. The van der Waals surface area contributed by atoms with Crippen LogP contribution in [0.15, 0.2) is 0 Å². The Morgan fingerprint density at radius 2 is 0.857 bits per heavy atom. The highest BCUT2D eigenvalue weighted by atomic mass is 14.5. The van der Waals surface area contributed by atoms with Gasteiger partial charge in [0.05, 0.1) is 0 Å². The van der Waals surface area contributed by atoms with E-state index in [0.717, 1.165) is 0 Å². The fraction of sp³-hybridized carbons (Fsp3) is 0.500. The highest BCUT2D eigenvalue weighted by molar-refractivity contribution is 5.49. The van der Waals surface area contributed by atoms with Gasteiger partial charge in [0.2, 0.25) is 0 Å². The molecule has 0 amide bonds. The normalized spacial score (nSPS) is 10.7. The van der Waals surface area contributed by atoms with E-state index in [-0.39, 0.29) is 0 Å². The topological polar surface area (TPSA) is 52.0 Å². The van der Waals surface area contributed by atoms with E-state index in [9.17, 15) is 0 Å². The molecule has 14 heavy (non-hydrogen) atoms. The number of hydrogen-bond donors (Lipinski definition) is 2. The molecule has 1 aromatic rings. The van der Waals surface area contributed by atoms with E-state index < -0.39 is 0 Å². The van der Waals surface area contributed by atoms with Crippen molar-refractivity contribution in [1.29, 1.82) is 0 Å². The molecule has 0 atom stereocenters. The zero-order chi connectivity index (χ0) is 10.9. The van der Waals surface area contributed by atoms with Crippen LogP contribution in [0.3, 0.4) is 0 Å². The number of hydrogen-bond acceptors (Lipinski definition) is 2. The molecule has 0 radical (unpaired) electrons. The second-order valence-electron chi connectivity index (χ2n) is 3.87. The van der Waals surface area contributed by atoms with Crippen molar-refractivity contribution >= 4 is 0 Å². The lowest BCUT2D eigenvalue weighted by Gasteiger charge is -2.18. The summed E-state index contributed by atoms with van der Waals surface area (Å²) in [6.45, 7) is 9.74. The second kappa shape index (κ2) is 4.11. The van der Waals surface area contributed by atoms with Crippen LogP contribution < -0.4 is 11.5 Å². The van der Waals surface area contributed by atoms with Crippen molar-refractivity contribution < 1.29 is 0 Å². The van der Waals surface area contributed by atoms with E-state index in [4.69, 9.17) is 11.5 Å². The smallest absolute Gasteiger partial charge is 0.0183 e. The van der Waals surface area contributed by atoms with Crippen LogP contribution in [0, 0.1) is 27.7 Å². The van der Waals surface area contributed by atoms with E-state index in [1.807, 2.05) is 0 Å². The van der Waals surface area contributed by atoms with Crippen molar-refractivity contribution in [2.75, 3.05) is 0 Å². The van der Waals surface area contributed by atoms with Crippen LogP contribution in [0.1, 0.15) is 33.4 Å². The Hall–Kier alpha value is -0.860. The SMILES string of the molecule is Cc1c(C)c(CN)c(C)c(C)c1CN. The summed E-state index contributed by atoms with van der Waals surface area (Å²) in [5.41, 5.74) is 19.3. The Morgan fingerprint density at radius 3 is 1.00 bits per heavy atom. The predicted molar refractivity (Wildman–Crippen MR) is 61.2 cm³/mol. The van der Waals surface area contributed by atoms with Crippen LogP contribution in [0.4, 0.5) is 0 Å². The highest BCUT2D eigenvalue weighted by Crippen LogP contribution is 2.25. The van der Waals surface area contributed by atoms with Gasteiger partial charge in [0.15, 0.2) is 0 Å². The Kier molecular flexibility index (Phi) is 3.29. The quantitative estimate of drug-likeness (QED) is 0.751. The number of nitrogens with two attached hydrogens (primary N) is 2. The van der Waals surface area contributed by atoms with Crippen molar-refractivity contribution in [2.45, 2.75) is 40.8 Å². The molecule has 0 saturated carbocycles. The van der Waals surface area contributed by atoms with Gasteiger partial charge >= 0.3 is 0 Å². The standard InChI is InChI=1S/C12H20N2/c1-7-8(2)12(6-14)10(4)9(3)11(7)5-13/h5-6,13-14H2,1-4H3. The van der Waals surface area contributed by atoms with E-state index in [0.29, 0.717) is 13.1 Å². The molecule has 1 rings (SSSR count). The maximum atomic E-state index is 5.75. The molecule has 0 fully saturated rings. The van der Waals surface area contributed by atoms with E-state index in [1.54, 1.807) is 0 Å². The summed E-state index contributed by atoms with van der Waals surface area (Å²) < 4.78 is 0. The minimum atomic E-state index is 0.615. The lowest BCUT2D eigenvalue weighted by Crippen LogP contribution is -2.11. The van der Waals surface area contributed by atoms with Crippen LogP contribution in [0.25, 0.3) is 0 Å². The molecule has 0 spiro atoms. The molecule has 2 nitrogen and oxygen atoms in total. The van der Waals surface area contributed by atoms with Crippen molar-refractivity contribution in [3.63, 3.8) is 0 Å². The first-order valence-electron chi connectivity index (χ1n) is 5.02. The van der Waals surface area contributed by atoms with Gasteiger partial charge < -0.3 is 11.5 Å². The second-order valence-corrected chi connectivity index (χ2v) is 3.87. The third kappa shape index (κ3) is 1.56. The fourth-order valence-electron chi connectivity index (χ4n) is 2.08. The minimum Gasteiger partial charge on any atom is -0.326 e. The summed E-state index contributed by atoms with van der Waals surface area (Å²) in [5.74, 6) is 0. The molecule has 78 valence electrons. The zero-order valence-corrected chi connectivity index (χ0v) is 9.57. The molecule has 0 bridgehead atoms. The van der Waals surface area contributed by atoms with Gasteiger partial charge in [-0.05, 0) is 61.1 Å². The molecule has 0 unspecified atom stereocenters. The summed E-state index contributed by atoms with van der Waals surface area (Å²) in [6, 6.07) is 0. The molecule has 0 aliphatic heterocycles. The zero-order valence-electron chi connectivity index (χ0n) is 9.57. The molecular formula is C12H20N2. The molecule has 4 N–H and O–H groups in total. The summed E-state index contributed by atoms with van der Waals surface area (Å²) in [4.78, 5) is 0. The Balaban J connectivity index is 3.55. The molecule has 1 aromatic carbocycles. The van der Waals surface area contributed by atoms with Crippen LogP contribution in [-0.4, -0.2) is 0 Å². The minimum absolute atomic E-state index is 0.615. The van der Waals surface area contributed by atoms with E-state index in [2.05, 4.69) is 27.7 Å². The van der Waals surface area contributed by atoms with Crippen LogP contribution in [0.5, 0.6) is 0 Å². The van der Waals surface area contributed by atoms with E-state index >= 15 is 0 Å². The number of rotatable bonds is 2. The van der Waals surface area contributed by atoms with Crippen LogP contribution in [0.2, 0.25) is 0 Å². The van der Waals surface area contributed by atoms with Gasteiger partial charge in [-0.25, -0.2) is 0 Å². The van der Waals surface area contributed by atoms with Gasteiger partial charge in [-0.3, -0.25) is 0 Å². The summed E-state index contributed by atoms with van der Waals surface area (Å²) in [7, 11) is 0. The third-order valence-corrected chi connectivity index (χ3v) is 3.34. The summed E-state index contributed by atoms with van der Waals surface area (Å²) >= 11 is 0. The monoisotopic (exact) mass is 192 g/mol. The van der Waals surface area contributed by atoms with Gasteiger partial charge in [0, 0.05) is 13.1 Å². The summed E-state index contributed by atoms with van der Waals surface area (Å²) in [6.07, 6.45) is 0. The first-order chi connectivity index (χ1) is 6.54. The average molecular weight is 192 g/mol. The first kappa shape index (κ1) is 11.2. The maximum absolute atomic E-state index is 5.75. The third-order valence-electron chi connectivity index (χ3n) is 3.34. The Morgan fingerprint density at radius 1 is 0.643 bits per heavy atom. The Labute approximate surface area is 86.3 Å². The fourth-order valence-corrected chi connectivity index (χ4v) is 2.08. The first-order valence-corrected chi connectivity index (χ1v) is 5.02. The van der Waals surface area contributed by atoms with Crippen molar-refractivity contribution in [3.8, 4) is 0 Å². The van der Waals surface area contributed by atoms with Gasteiger partial charge in [0.25, 0.3) is 0 Å². The maximum Gasteiger partial charge on any atom is 0.0183 e. The van der Waals surface area contributed by atoms with Crippen molar-refractivity contribution in [1.82, 2.24) is 0 Å². The molecule has 0 saturated heterocycles.